The number of rotatable bonds is 8. The molecule has 0 spiro atoms. The van der Waals surface area contributed by atoms with Crippen LogP contribution in [-0.2, 0) is 11.3 Å². The minimum atomic E-state index is -1.31. The molecule has 1 aliphatic rings. The second kappa shape index (κ2) is 10.7. The molecule has 4 heterocycles. The van der Waals surface area contributed by atoms with Gasteiger partial charge < -0.3 is 24.0 Å². The maximum atomic E-state index is 11.6. The van der Waals surface area contributed by atoms with E-state index < -0.39 is 17.5 Å². The van der Waals surface area contributed by atoms with Gasteiger partial charge in [0.15, 0.2) is 0 Å². The van der Waals surface area contributed by atoms with Crippen molar-refractivity contribution in [3.8, 4) is 34.5 Å². The summed E-state index contributed by atoms with van der Waals surface area (Å²) in [4.78, 5) is 28.9. The van der Waals surface area contributed by atoms with Gasteiger partial charge in [-0.2, -0.15) is 5.26 Å². The van der Waals surface area contributed by atoms with E-state index >= 15 is 0 Å². The molecule has 4 aromatic rings. The summed E-state index contributed by atoms with van der Waals surface area (Å²) in [6, 6.07) is 13.0. The Morgan fingerprint density at radius 1 is 1.24 bits per heavy atom. The van der Waals surface area contributed by atoms with Crippen LogP contribution in [0.5, 0.6) is 5.88 Å². The van der Waals surface area contributed by atoms with Crippen molar-refractivity contribution in [1.82, 2.24) is 10.1 Å². The predicted molar refractivity (Wildman–Crippen MR) is 135 cm³/mol. The molecule has 0 radical (unpaired) electrons. The fourth-order valence-corrected chi connectivity index (χ4v) is 4.95. The number of morpholine rings is 1. The number of pyridine rings is 1. The molecule has 1 fully saturated rings. The van der Waals surface area contributed by atoms with Crippen molar-refractivity contribution >= 4 is 28.7 Å². The van der Waals surface area contributed by atoms with Crippen LogP contribution in [0, 0.1) is 21.4 Å². The highest BCUT2D eigenvalue weighted by Crippen LogP contribution is 2.35. The molecule has 3 aromatic heterocycles. The first-order chi connectivity index (χ1) is 18.5. The van der Waals surface area contributed by atoms with Gasteiger partial charge in [-0.15, -0.1) is 11.3 Å². The lowest BCUT2D eigenvalue weighted by Gasteiger charge is -2.28. The van der Waals surface area contributed by atoms with Gasteiger partial charge in [0.2, 0.25) is 5.88 Å². The van der Waals surface area contributed by atoms with E-state index in [9.17, 15) is 25.3 Å². The summed E-state index contributed by atoms with van der Waals surface area (Å²) in [5.41, 5.74) is 2.52. The smallest absolute Gasteiger partial charge is 0.346 e. The highest BCUT2D eigenvalue weighted by atomic mass is 32.1. The second-order valence-corrected chi connectivity index (χ2v) is 9.04. The standard InChI is InChI=1S/C25H19N5O7S/c26-12-18-17(20-5-8-37-28-20)11-21(15-1-3-16(4-2-15)29-6-9-35-10-7-29)27-24(18)36-13-19-22(30(33)34)14-38-23(19)25(31)32/h1-5,8,11,14H,6-7,9-10,13H2,(H,31,32). The van der Waals surface area contributed by atoms with Crippen LogP contribution in [-0.4, -0.2) is 52.4 Å². The number of aromatic nitrogens is 2. The SMILES string of the molecule is N#Cc1c(-c2ccon2)cc(-c2ccc(N3CCOCC3)cc2)nc1OCc1c([N+](=O)[O-])csc1C(=O)O. The molecule has 0 unspecified atom stereocenters. The lowest BCUT2D eigenvalue weighted by atomic mass is 10.0. The van der Waals surface area contributed by atoms with Gasteiger partial charge in [-0.3, -0.25) is 10.1 Å². The number of thiophene rings is 1. The molecular formula is C25H19N5O7S. The minimum Gasteiger partial charge on any atom is -0.477 e. The van der Waals surface area contributed by atoms with Crippen LogP contribution in [0.4, 0.5) is 11.4 Å². The van der Waals surface area contributed by atoms with Gasteiger partial charge in [0.25, 0.3) is 5.69 Å². The van der Waals surface area contributed by atoms with Gasteiger partial charge in [0.1, 0.15) is 35.1 Å². The zero-order valence-electron chi connectivity index (χ0n) is 19.7. The molecule has 1 N–H and O–H groups in total. The Bertz CT molecular complexity index is 1490. The molecule has 38 heavy (non-hydrogen) atoms. The third kappa shape index (κ3) is 4.90. The van der Waals surface area contributed by atoms with Gasteiger partial charge >= 0.3 is 5.97 Å². The number of nitro groups is 1. The van der Waals surface area contributed by atoms with E-state index in [0.717, 1.165) is 41.1 Å². The monoisotopic (exact) mass is 533 g/mol. The van der Waals surface area contributed by atoms with Crippen LogP contribution in [0.2, 0.25) is 0 Å². The number of nitrogens with zero attached hydrogens (tertiary/aromatic N) is 5. The average Bonchev–Trinajstić information content (AvgIpc) is 3.63. The van der Waals surface area contributed by atoms with E-state index in [1.165, 1.54) is 6.26 Å². The number of nitriles is 1. The van der Waals surface area contributed by atoms with Gasteiger partial charge in [-0.05, 0) is 18.2 Å². The molecule has 12 nitrogen and oxygen atoms in total. The number of anilines is 1. The van der Waals surface area contributed by atoms with Crippen LogP contribution in [0.25, 0.3) is 22.5 Å². The molecule has 13 heteroatoms. The summed E-state index contributed by atoms with van der Waals surface area (Å²) < 4.78 is 16.2. The zero-order chi connectivity index (χ0) is 26.6. The van der Waals surface area contributed by atoms with Crippen LogP contribution in [0.15, 0.2) is 52.6 Å². The number of carbonyl (C=O) groups is 1. The quantitative estimate of drug-likeness (QED) is 0.253. The molecule has 1 saturated heterocycles. The van der Waals surface area contributed by atoms with E-state index in [2.05, 4.69) is 21.1 Å². The number of benzene rings is 1. The van der Waals surface area contributed by atoms with Crippen LogP contribution < -0.4 is 9.64 Å². The Balaban J connectivity index is 1.54. The zero-order valence-corrected chi connectivity index (χ0v) is 20.5. The van der Waals surface area contributed by atoms with E-state index in [-0.39, 0.29) is 27.6 Å². The van der Waals surface area contributed by atoms with Crippen molar-refractivity contribution in [2.75, 3.05) is 31.2 Å². The lowest BCUT2D eigenvalue weighted by Crippen LogP contribution is -2.36. The topological polar surface area (TPSA) is 165 Å². The molecule has 5 rings (SSSR count). The van der Waals surface area contributed by atoms with Crippen molar-refractivity contribution in [3.05, 3.63) is 74.2 Å². The second-order valence-electron chi connectivity index (χ2n) is 8.16. The number of carboxylic acids is 1. The highest BCUT2D eigenvalue weighted by Gasteiger charge is 2.27. The summed E-state index contributed by atoms with van der Waals surface area (Å²) in [5.74, 6) is -1.43. The molecule has 0 amide bonds. The molecule has 192 valence electrons. The first kappa shape index (κ1) is 24.9. The van der Waals surface area contributed by atoms with Crippen LogP contribution >= 0.6 is 11.3 Å². The summed E-state index contributed by atoms with van der Waals surface area (Å²) in [6.07, 6.45) is 1.36. The minimum absolute atomic E-state index is 0.0299. The van der Waals surface area contributed by atoms with Gasteiger partial charge in [-0.25, -0.2) is 9.78 Å². The Hall–Kier alpha value is -4.80. The normalized spacial score (nSPS) is 13.2. The molecular weight excluding hydrogens is 514 g/mol. The third-order valence-electron chi connectivity index (χ3n) is 5.97. The first-order valence-electron chi connectivity index (χ1n) is 11.4. The Labute approximate surface area is 219 Å². The maximum absolute atomic E-state index is 11.6. The Kier molecular flexibility index (Phi) is 6.98. The summed E-state index contributed by atoms with van der Waals surface area (Å²) in [5, 5.41) is 35.9. The number of ether oxygens (including phenoxy) is 2. The molecule has 1 aliphatic heterocycles. The summed E-state index contributed by atoms with van der Waals surface area (Å²) in [6.45, 7) is 2.42. The average molecular weight is 534 g/mol. The van der Waals surface area contributed by atoms with Crippen molar-refractivity contribution < 1.29 is 28.8 Å². The number of aromatic carboxylic acids is 1. The Morgan fingerprint density at radius 2 is 2.00 bits per heavy atom. The van der Waals surface area contributed by atoms with Crippen molar-refractivity contribution in [3.63, 3.8) is 0 Å². The number of hydrogen-bond acceptors (Lipinski definition) is 11. The lowest BCUT2D eigenvalue weighted by molar-refractivity contribution is -0.385. The fourth-order valence-electron chi connectivity index (χ4n) is 4.09. The Morgan fingerprint density at radius 3 is 2.63 bits per heavy atom. The van der Waals surface area contributed by atoms with Gasteiger partial charge in [-0.1, -0.05) is 17.3 Å². The molecule has 0 saturated carbocycles. The van der Waals surface area contributed by atoms with Crippen LogP contribution in [0.3, 0.4) is 0 Å². The first-order valence-corrected chi connectivity index (χ1v) is 12.2. The van der Waals surface area contributed by atoms with Crippen molar-refractivity contribution in [2.24, 2.45) is 0 Å². The molecule has 0 atom stereocenters. The van der Waals surface area contributed by atoms with Crippen molar-refractivity contribution in [1.29, 1.82) is 5.26 Å². The van der Waals surface area contributed by atoms with E-state index in [4.69, 9.17) is 14.0 Å². The van der Waals surface area contributed by atoms with Crippen molar-refractivity contribution in [2.45, 2.75) is 6.61 Å². The summed E-state index contributed by atoms with van der Waals surface area (Å²) >= 11 is 0.731. The number of carboxylic acid groups (broad SMARTS) is 1. The molecule has 1 aromatic carbocycles. The highest BCUT2D eigenvalue weighted by molar-refractivity contribution is 7.12. The molecule has 0 bridgehead atoms. The van der Waals surface area contributed by atoms with Crippen LogP contribution in [0.1, 0.15) is 20.8 Å². The van der Waals surface area contributed by atoms with E-state index in [0.29, 0.717) is 30.2 Å². The number of hydrogen-bond donors (Lipinski definition) is 1. The van der Waals surface area contributed by atoms with E-state index in [1.807, 2.05) is 24.3 Å². The predicted octanol–water partition coefficient (Wildman–Crippen LogP) is 4.36. The maximum Gasteiger partial charge on any atom is 0.346 e. The van der Waals surface area contributed by atoms with Gasteiger partial charge in [0, 0.05) is 36.0 Å². The van der Waals surface area contributed by atoms with Gasteiger partial charge in [0.05, 0.1) is 34.8 Å². The summed E-state index contributed by atoms with van der Waals surface area (Å²) in [7, 11) is 0. The third-order valence-corrected chi connectivity index (χ3v) is 6.96. The fraction of sp³-hybridized carbons (Fsp3) is 0.200. The van der Waals surface area contributed by atoms with E-state index in [1.54, 1.807) is 12.1 Å². The molecule has 0 aliphatic carbocycles. The largest absolute Gasteiger partial charge is 0.477 e.